The van der Waals surface area contributed by atoms with Crippen LogP contribution in [0.4, 0.5) is 0 Å². The quantitative estimate of drug-likeness (QED) is 0.752. The molecule has 1 aromatic carbocycles. The number of hydrogen-bond acceptors (Lipinski definition) is 4. The van der Waals surface area contributed by atoms with Gasteiger partial charge in [-0.3, -0.25) is 9.89 Å². The van der Waals surface area contributed by atoms with Crippen molar-refractivity contribution in [2.45, 2.75) is 11.8 Å². The Hall–Kier alpha value is -2.78. The Kier molecular flexibility index (Phi) is 4.04. The highest BCUT2D eigenvalue weighted by Crippen LogP contribution is 2.20. The molecule has 5 nitrogen and oxygen atoms in total. The zero-order valence-electron chi connectivity index (χ0n) is 12.7. The van der Waals surface area contributed by atoms with Crippen LogP contribution in [-0.2, 0) is 0 Å². The van der Waals surface area contributed by atoms with Crippen molar-refractivity contribution in [3.8, 4) is 23.0 Å². The Bertz CT molecular complexity index is 931. The van der Waals surface area contributed by atoms with Gasteiger partial charge in [-0.2, -0.15) is 5.26 Å². The number of pyridine rings is 1. The van der Waals surface area contributed by atoms with Crippen LogP contribution in [-0.4, -0.2) is 21.0 Å². The van der Waals surface area contributed by atoms with Gasteiger partial charge in [-0.25, -0.2) is 9.67 Å². The highest BCUT2D eigenvalue weighted by atomic mass is 32.2. The first-order chi connectivity index (χ1) is 11.1. The maximum atomic E-state index is 12.7. The van der Waals surface area contributed by atoms with Gasteiger partial charge in [0.25, 0.3) is 5.56 Å². The molecule has 0 atom stereocenters. The number of hydrogen-bond donors (Lipinski definition) is 1. The minimum atomic E-state index is -0.156. The number of aromatic nitrogens is 3. The second kappa shape index (κ2) is 6.15. The van der Waals surface area contributed by atoms with Gasteiger partial charge in [0.2, 0.25) is 0 Å². The summed E-state index contributed by atoms with van der Waals surface area (Å²) in [4.78, 5) is 18.1. The Morgan fingerprint density at radius 2 is 1.96 bits per heavy atom. The van der Waals surface area contributed by atoms with Gasteiger partial charge in [0.1, 0.15) is 0 Å². The number of nitrogens with zero attached hydrogens (tertiary/aromatic N) is 3. The van der Waals surface area contributed by atoms with E-state index in [0.29, 0.717) is 16.9 Å². The fourth-order valence-electron chi connectivity index (χ4n) is 2.38. The van der Waals surface area contributed by atoms with Crippen LogP contribution in [0.5, 0.6) is 0 Å². The van der Waals surface area contributed by atoms with Gasteiger partial charge in [-0.1, -0.05) is 12.1 Å². The van der Waals surface area contributed by atoms with Crippen LogP contribution in [0, 0.1) is 18.3 Å². The number of thioether (sulfide) groups is 1. The van der Waals surface area contributed by atoms with Crippen LogP contribution in [0.15, 0.2) is 52.3 Å². The molecule has 0 aliphatic heterocycles. The van der Waals surface area contributed by atoms with Gasteiger partial charge in [-0.05, 0) is 43.0 Å². The smallest absolute Gasteiger partial charge is 0.280 e. The summed E-state index contributed by atoms with van der Waals surface area (Å²) in [5.74, 6) is 0.552. The lowest BCUT2D eigenvalue weighted by Crippen LogP contribution is -2.16. The maximum absolute atomic E-state index is 12.7. The molecule has 114 valence electrons. The van der Waals surface area contributed by atoms with E-state index < -0.39 is 0 Å². The van der Waals surface area contributed by atoms with Crippen LogP contribution in [0.2, 0.25) is 0 Å². The summed E-state index contributed by atoms with van der Waals surface area (Å²) in [6, 6.07) is 12.8. The van der Waals surface area contributed by atoms with E-state index >= 15 is 0 Å². The average Bonchev–Trinajstić information content (AvgIpc) is 2.89. The molecule has 6 heteroatoms. The van der Waals surface area contributed by atoms with Crippen molar-refractivity contribution >= 4 is 11.8 Å². The first-order valence-corrected chi connectivity index (χ1v) is 8.19. The van der Waals surface area contributed by atoms with Crippen LogP contribution in [0.1, 0.15) is 11.3 Å². The molecule has 0 fully saturated rings. The molecule has 2 aromatic heterocycles. The molecule has 0 unspecified atom stereocenters. The van der Waals surface area contributed by atoms with Crippen LogP contribution in [0.25, 0.3) is 16.9 Å². The standard InChI is InChI=1S/C17H14N4OS/c1-11-16(13-5-3-12(9-18)4-6-13)17(22)21(20-11)15-8-7-14(23-2)10-19-15/h3-8,10,20H,1-2H3. The van der Waals surface area contributed by atoms with Crippen molar-refractivity contribution in [1.29, 1.82) is 5.26 Å². The molecule has 0 saturated heterocycles. The van der Waals surface area contributed by atoms with Crippen molar-refractivity contribution in [3.63, 3.8) is 0 Å². The van der Waals surface area contributed by atoms with E-state index in [1.54, 1.807) is 42.2 Å². The first kappa shape index (κ1) is 15.1. The molecule has 0 aliphatic rings. The van der Waals surface area contributed by atoms with Gasteiger partial charge in [-0.15, -0.1) is 11.8 Å². The number of H-pyrrole nitrogens is 1. The Morgan fingerprint density at radius 3 is 2.52 bits per heavy atom. The summed E-state index contributed by atoms with van der Waals surface area (Å²) in [5.41, 5.74) is 2.54. The van der Waals surface area contributed by atoms with Crippen molar-refractivity contribution in [3.05, 3.63) is 64.2 Å². The summed E-state index contributed by atoms with van der Waals surface area (Å²) in [5, 5.41) is 11.9. The normalized spacial score (nSPS) is 10.5. The summed E-state index contributed by atoms with van der Waals surface area (Å²) >= 11 is 1.60. The van der Waals surface area contributed by atoms with E-state index in [1.807, 2.05) is 25.3 Å². The van der Waals surface area contributed by atoms with E-state index in [-0.39, 0.29) is 5.56 Å². The number of nitrogens with one attached hydrogen (secondary N) is 1. The lowest BCUT2D eigenvalue weighted by atomic mass is 10.1. The van der Waals surface area contributed by atoms with Crippen LogP contribution >= 0.6 is 11.8 Å². The predicted molar refractivity (Wildman–Crippen MR) is 90.9 cm³/mol. The molecule has 2 heterocycles. The second-order valence-corrected chi connectivity index (χ2v) is 5.88. The Labute approximate surface area is 137 Å². The minimum absolute atomic E-state index is 0.156. The minimum Gasteiger partial charge on any atom is -0.293 e. The number of rotatable bonds is 3. The zero-order valence-corrected chi connectivity index (χ0v) is 13.5. The molecular formula is C17H14N4OS. The van der Waals surface area contributed by atoms with Gasteiger partial charge >= 0.3 is 0 Å². The Morgan fingerprint density at radius 1 is 1.22 bits per heavy atom. The van der Waals surface area contributed by atoms with Crippen LogP contribution < -0.4 is 5.56 Å². The zero-order chi connectivity index (χ0) is 16.4. The molecule has 3 aromatic rings. The molecule has 0 aliphatic carbocycles. The Balaban J connectivity index is 2.08. The number of benzene rings is 1. The van der Waals surface area contributed by atoms with E-state index in [1.165, 1.54) is 4.68 Å². The molecule has 3 rings (SSSR count). The van der Waals surface area contributed by atoms with Crippen molar-refractivity contribution < 1.29 is 0 Å². The molecule has 0 saturated carbocycles. The lowest BCUT2D eigenvalue weighted by molar-refractivity contribution is 0.804. The third-order valence-corrected chi connectivity index (χ3v) is 4.27. The van der Waals surface area contributed by atoms with Gasteiger partial charge < -0.3 is 0 Å². The number of nitriles is 1. The lowest BCUT2D eigenvalue weighted by Gasteiger charge is -2.01. The third-order valence-electron chi connectivity index (χ3n) is 3.56. The predicted octanol–water partition coefficient (Wildman–Crippen LogP) is 3.13. The summed E-state index contributed by atoms with van der Waals surface area (Å²) < 4.78 is 1.44. The van der Waals surface area contributed by atoms with E-state index in [9.17, 15) is 4.79 Å². The monoisotopic (exact) mass is 322 g/mol. The third kappa shape index (κ3) is 2.79. The summed E-state index contributed by atoms with van der Waals surface area (Å²) in [6.45, 7) is 1.85. The molecule has 0 amide bonds. The molecular weight excluding hydrogens is 308 g/mol. The largest absolute Gasteiger partial charge is 0.293 e. The number of aromatic amines is 1. The molecule has 0 spiro atoms. The molecule has 23 heavy (non-hydrogen) atoms. The van der Waals surface area contributed by atoms with Gasteiger partial charge in [0, 0.05) is 16.8 Å². The average molecular weight is 322 g/mol. The fraction of sp³-hybridized carbons (Fsp3) is 0.118. The molecule has 0 radical (unpaired) electrons. The highest BCUT2D eigenvalue weighted by Gasteiger charge is 2.14. The summed E-state index contributed by atoms with van der Waals surface area (Å²) in [6.07, 6.45) is 3.72. The summed E-state index contributed by atoms with van der Waals surface area (Å²) in [7, 11) is 0. The fourth-order valence-corrected chi connectivity index (χ4v) is 2.75. The van der Waals surface area contributed by atoms with Gasteiger partial charge in [0.15, 0.2) is 5.82 Å². The van der Waals surface area contributed by atoms with Crippen molar-refractivity contribution in [2.24, 2.45) is 0 Å². The number of aryl methyl sites for hydroxylation is 1. The molecule has 0 bridgehead atoms. The SMILES string of the molecule is CSc1ccc(-n2[nH]c(C)c(-c3ccc(C#N)cc3)c2=O)nc1. The first-order valence-electron chi connectivity index (χ1n) is 6.96. The van der Waals surface area contributed by atoms with Gasteiger partial charge in [0.05, 0.1) is 17.2 Å². The maximum Gasteiger partial charge on any atom is 0.280 e. The molecule has 1 N–H and O–H groups in total. The van der Waals surface area contributed by atoms with E-state index in [4.69, 9.17) is 5.26 Å². The second-order valence-electron chi connectivity index (χ2n) is 5.00. The highest BCUT2D eigenvalue weighted by molar-refractivity contribution is 7.98. The van der Waals surface area contributed by atoms with Crippen LogP contribution in [0.3, 0.4) is 0 Å². The van der Waals surface area contributed by atoms with Crippen molar-refractivity contribution in [2.75, 3.05) is 6.26 Å². The van der Waals surface area contributed by atoms with Crippen molar-refractivity contribution in [1.82, 2.24) is 14.8 Å². The van der Waals surface area contributed by atoms with E-state index in [0.717, 1.165) is 16.2 Å². The topological polar surface area (TPSA) is 74.5 Å². The van der Waals surface area contributed by atoms with E-state index in [2.05, 4.69) is 16.2 Å².